The van der Waals surface area contributed by atoms with E-state index >= 15 is 0 Å². The van der Waals surface area contributed by atoms with Crippen LogP contribution in [0.1, 0.15) is 6.92 Å². The molecule has 7 nitrogen and oxygen atoms in total. The Labute approximate surface area is 121 Å². The van der Waals surface area contributed by atoms with Crippen molar-refractivity contribution in [1.82, 2.24) is 5.32 Å². The van der Waals surface area contributed by atoms with Crippen molar-refractivity contribution >= 4 is 29.5 Å². The smallest absolute Gasteiger partial charge is 0.438 e. The summed E-state index contributed by atoms with van der Waals surface area (Å²) in [5, 5.41) is 12.8. The minimum Gasteiger partial charge on any atom is -0.450 e. The van der Waals surface area contributed by atoms with Crippen molar-refractivity contribution in [3.05, 3.63) is 29.3 Å². The molecule has 0 aromatic heterocycles. The van der Waals surface area contributed by atoms with Crippen molar-refractivity contribution in [2.75, 3.05) is 24.8 Å². The summed E-state index contributed by atoms with van der Waals surface area (Å²) in [4.78, 5) is 22.4. The predicted molar refractivity (Wildman–Crippen MR) is 72.1 cm³/mol. The number of halogens is 1. The van der Waals surface area contributed by atoms with E-state index in [1.54, 1.807) is 6.92 Å². The molecule has 0 radical (unpaired) electrons. The molecule has 0 unspecified atom stereocenters. The Hall–Kier alpha value is -1.99. The van der Waals surface area contributed by atoms with Gasteiger partial charge in [-0.1, -0.05) is 11.6 Å². The van der Waals surface area contributed by atoms with Crippen LogP contribution in [0.3, 0.4) is 0 Å². The van der Waals surface area contributed by atoms with Crippen molar-refractivity contribution in [3.63, 3.8) is 0 Å². The molecule has 0 saturated carbocycles. The van der Waals surface area contributed by atoms with Gasteiger partial charge in [0.25, 0.3) is 0 Å². The fourth-order valence-electron chi connectivity index (χ4n) is 1.22. The minimum absolute atomic E-state index is 0.0824. The number of hydroxylamine groups is 1. The standard InChI is InChI=1S/C12H15ClN2O5/c1-2-19-11(16)14-7-8-20-12(17)15(18)10-5-3-9(13)4-6-10/h3-6,18H,2,7-8H2,1H3,(H,14,16). The van der Waals surface area contributed by atoms with E-state index in [9.17, 15) is 14.8 Å². The fraction of sp³-hybridized carbons (Fsp3) is 0.333. The van der Waals surface area contributed by atoms with Crippen LogP contribution in [0.5, 0.6) is 0 Å². The number of nitrogens with zero attached hydrogens (tertiary/aromatic N) is 1. The second-order valence-corrected chi connectivity index (χ2v) is 3.99. The normalized spacial score (nSPS) is 9.75. The van der Waals surface area contributed by atoms with Gasteiger partial charge in [-0.2, -0.15) is 5.06 Å². The molecule has 20 heavy (non-hydrogen) atoms. The lowest BCUT2D eigenvalue weighted by Crippen LogP contribution is -2.32. The molecule has 110 valence electrons. The number of hydrogen-bond donors (Lipinski definition) is 2. The highest BCUT2D eigenvalue weighted by Crippen LogP contribution is 2.17. The second-order valence-electron chi connectivity index (χ2n) is 3.55. The van der Waals surface area contributed by atoms with Crippen LogP contribution in [-0.4, -0.2) is 37.2 Å². The number of carbonyl (C=O) groups excluding carboxylic acids is 2. The number of rotatable bonds is 5. The van der Waals surface area contributed by atoms with Crippen molar-refractivity contribution < 1.29 is 24.3 Å². The van der Waals surface area contributed by atoms with E-state index in [1.807, 2.05) is 0 Å². The second kappa shape index (κ2) is 8.23. The van der Waals surface area contributed by atoms with Crippen LogP contribution in [0.4, 0.5) is 15.3 Å². The van der Waals surface area contributed by atoms with Gasteiger partial charge in [-0.15, -0.1) is 0 Å². The highest BCUT2D eigenvalue weighted by molar-refractivity contribution is 6.30. The third-order valence-electron chi connectivity index (χ3n) is 2.12. The zero-order valence-corrected chi connectivity index (χ0v) is 11.6. The van der Waals surface area contributed by atoms with Crippen LogP contribution < -0.4 is 10.4 Å². The van der Waals surface area contributed by atoms with E-state index < -0.39 is 12.2 Å². The van der Waals surface area contributed by atoms with Gasteiger partial charge < -0.3 is 14.8 Å². The van der Waals surface area contributed by atoms with Gasteiger partial charge in [0.2, 0.25) is 0 Å². The first-order valence-electron chi connectivity index (χ1n) is 5.86. The molecule has 0 aliphatic rings. The highest BCUT2D eigenvalue weighted by Gasteiger charge is 2.14. The number of nitrogens with one attached hydrogen (secondary N) is 1. The lowest BCUT2D eigenvalue weighted by atomic mass is 10.3. The van der Waals surface area contributed by atoms with Crippen LogP contribution in [0.2, 0.25) is 5.02 Å². The van der Waals surface area contributed by atoms with Crippen molar-refractivity contribution in [3.8, 4) is 0 Å². The number of amides is 2. The van der Waals surface area contributed by atoms with Crippen LogP contribution in [0, 0.1) is 0 Å². The summed E-state index contributed by atoms with van der Waals surface area (Å²) in [7, 11) is 0. The first-order valence-corrected chi connectivity index (χ1v) is 6.24. The van der Waals surface area contributed by atoms with E-state index in [1.165, 1.54) is 24.3 Å². The van der Waals surface area contributed by atoms with E-state index in [2.05, 4.69) is 10.1 Å². The molecule has 0 heterocycles. The first kappa shape index (κ1) is 16.1. The monoisotopic (exact) mass is 302 g/mol. The van der Waals surface area contributed by atoms with Gasteiger partial charge >= 0.3 is 12.2 Å². The number of carbonyl (C=O) groups is 2. The first-order chi connectivity index (χ1) is 9.54. The molecule has 0 atom stereocenters. The maximum atomic E-state index is 11.5. The lowest BCUT2D eigenvalue weighted by Gasteiger charge is -2.15. The van der Waals surface area contributed by atoms with Crippen LogP contribution in [-0.2, 0) is 9.47 Å². The zero-order chi connectivity index (χ0) is 15.0. The average Bonchev–Trinajstić information content (AvgIpc) is 2.43. The molecule has 2 amide bonds. The SMILES string of the molecule is CCOC(=O)NCCOC(=O)N(O)c1ccc(Cl)cc1. The molecule has 0 bridgehead atoms. The third kappa shape index (κ3) is 5.33. The summed E-state index contributed by atoms with van der Waals surface area (Å²) < 4.78 is 9.36. The van der Waals surface area contributed by atoms with Crippen molar-refractivity contribution in [2.45, 2.75) is 6.92 Å². The third-order valence-corrected chi connectivity index (χ3v) is 2.37. The Morgan fingerprint density at radius 3 is 2.55 bits per heavy atom. The van der Waals surface area contributed by atoms with Crippen LogP contribution in [0.25, 0.3) is 0 Å². The van der Waals surface area contributed by atoms with Gasteiger partial charge in [0.15, 0.2) is 0 Å². The fourth-order valence-corrected chi connectivity index (χ4v) is 1.35. The topological polar surface area (TPSA) is 88.1 Å². The molecule has 0 aliphatic carbocycles. The highest BCUT2D eigenvalue weighted by atomic mass is 35.5. The Morgan fingerprint density at radius 2 is 1.95 bits per heavy atom. The number of benzene rings is 1. The van der Waals surface area contributed by atoms with Crippen molar-refractivity contribution in [2.24, 2.45) is 0 Å². The number of anilines is 1. The summed E-state index contributed by atoms with van der Waals surface area (Å²) in [5.74, 6) is 0. The van der Waals surface area contributed by atoms with Crippen LogP contribution in [0.15, 0.2) is 24.3 Å². The molecule has 0 saturated heterocycles. The number of hydrogen-bond acceptors (Lipinski definition) is 5. The van der Waals surface area contributed by atoms with Gasteiger partial charge in [0.1, 0.15) is 6.61 Å². The Morgan fingerprint density at radius 1 is 1.30 bits per heavy atom. The summed E-state index contributed by atoms with van der Waals surface area (Å²) in [6, 6.07) is 5.96. The minimum atomic E-state index is -0.960. The quantitative estimate of drug-likeness (QED) is 0.495. The summed E-state index contributed by atoms with van der Waals surface area (Å²) in [5.41, 5.74) is 0.220. The van der Waals surface area contributed by atoms with E-state index in [-0.39, 0.29) is 25.4 Å². The molecule has 1 aromatic carbocycles. The van der Waals surface area contributed by atoms with Crippen LogP contribution >= 0.6 is 11.6 Å². The van der Waals surface area contributed by atoms with E-state index in [4.69, 9.17) is 16.3 Å². The van der Waals surface area contributed by atoms with Gasteiger partial charge in [-0.05, 0) is 31.2 Å². The van der Waals surface area contributed by atoms with E-state index in [0.29, 0.717) is 10.1 Å². The van der Waals surface area contributed by atoms with Gasteiger partial charge in [0.05, 0.1) is 18.8 Å². The summed E-state index contributed by atoms with van der Waals surface area (Å²) >= 11 is 5.69. The Kier molecular flexibility index (Phi) is 6.61. The lowest BCUT2D eigenvalue weighted by molar-refractivity contribution is 0.117. The molecule has 2 N–H and O–H groups in total. The van der Waals surface area contributed by atoms with Gasteiger partial charge in [-0.3, -0.25) is 5.21 Å². The summed E-state index contributed by atoms with van der Waals surface area (Å²) in [6.07, 6.45) is -1.56. The number of ether oxygens (including phenoxy) is 2. The van der Waals surface area contributed by atoms with Gasteiger partial charge in [-0.25, -0.2) is 9.59 Å². The van der Waals surface area contributed by atoms with E-state index in [0.717, 1.165) is 0 Å². The molecular formula is C12H15ClN2O5. The zero-order valence-electron chi connectivity index (χ0n) is 10.8. The summed E-state index contributed by atoms with van der Waals surface area (Å²) in [6.45, 7) is 1.92. The molecule has 0 fully saturated rings. The molecular weight excluding hydrogens is 288 g/mol. The average molecular weight is 303 g/mol. The molecule has 1 rings (SSSR count). The maximum absolute atomic E-state index is 11.5. The molecule has 8 heteroatoms. The van der Waals surface area contributed by atoms with Gasteiger partial charge in [0, 0.05) is 5.02 Å². The number of alkyl carbamates (subject to hydrolysis) is 1. The molecule has 0 aliphatic heterocycles. The Bertz CT molecular complexity index is 452. The Balaban J connectivity index is 2.32. The largest absolute Gasteiger partial charge is 0.450 e. The van der Waals surface area contributed by atoms with Crippen molar-refractivity contribution in [1.29, 1.82) is 0 Å². The predicted octanol–water partition coefficient (Wildman–Crippen LogP) is 2.42. The maximum Gasteiger partial charge on any atom is 0.438 e. The molecule has 1 aromatic rings. The molecule has 0 spiro atoms.